The van der Waals surface area contributed by atoms with Crippen molar-refractivity contribution in [2.24, 2.45) is 0 Å². The lowest BCUT2D eigenvalue weighted by Gasteiger charge is -2.21. The summed E-state index contributed by atoms with van der Waals surface area (Å²) in [6.45, 7) is 3.64. The molecule has 0 unspecified atom stereocenters. The number of nitrogens with two attached hydrogens (primary N) is 1. The van der Waals surface area contributed by atoms with Gasteiger partial charge in [-0.15, -0.1) is 0 Å². The Bertz CT molecular complexity index is 568. The third kappa shape index (κ3) is 2.22. The first-order chi connectivity index (χ1) is 8.37. The zero-order valence-electron chi connectivity index (χ0n) is 10.5. The van der Waals surface area contributed by atoms with Crippen LogP contribution in [-0.2, 0) is 10.0 Å². The second-order valence-electron chi connectivity index (χ2n) is 4.57. The quantitative estimate of drug-likeness (QED) is 0.851. The molecule has 1 aliphatic rings. The van der Waals surface area contributed by atoms with Crippen LogP contribution >= 0.6 is 0 Å². The van der Waals surface area contributed by atoms with E-state index in [4.69, 9.17) is 5.73 Å². The van der Waals surface area contributed by atoms with Crippen molar-refractivity contribution >= 4 is 15.7 Å². The normalized spacial score (nSPS) is 16.2. The van der Waals surface area contributed by atoms with Crippen LogP contribution in [0.3, 0.4) is 0 Å². The average Bonchev–Trinajstić information content (AvgIpc) is 3.08. The lowest BCUT2D eigenvalue weighted by molar-refractivity contribution is 0.420. The smallest absolute Gasteiger partial charge is 0.243 e. The Morgan fingerprint density at radius 1 is 1.44 bits per heavy atom. The molecule has 2 rings (SSSR count). The first-order valence-corrected chi connectivity index (χ1v) is 7.39. The minimum Gasteiger partial charge on any atom is -0.399 e. The summed E-state index contributed by atoms with van der Waals surface area (Å²) in [6, 6.07) is 2.53. The average molecular weight is 272 g/mol. The highest BCUT2D eigenvalue weighted by atomic mass is 32.2. The fourth-order valence-electron chi connectivity index (χ4n) is 2.05. The number of hydrogen-bond acceptors (Lipinski definition) is 3. The molecule has 0 spiro atoms. The Kier molecular flexibility index (Phi) is 3.33. The van der Waals surface area contributed by atoms with Gasteiger partial charge < -0.3 is 5.73 Å². The predicted octanol–water partition coefficient (Wildman–Crippen LogP) is 1.89. The molecule has 0 aromatic heterocycles. The Morgan fingerprint density at radius 2 is 2.06 bits per heavy atom. The standard InChI is InChI=1S/C12H17FN2O2S/c1-3-15(10-4-5-10)18(16,17)12-7-9(14)6-11(13)8(12)2/h6-7,10H,3-5,14H2,1-2H3. The van der Waals surface area contributed by atoms with Crippen LogP contribution in [0.25, 0.3) is 0 Å². The van der Waals surface area contributed by atoms with E-state index in [1.165, 1.54) is 17.3 Å². The van der Waals surface area contributed by atoms with E-state index < -0.39 is 15.8 Å². The number of hydrogen-bond donors (Lipinski definition) is 1. The first-order valence-electron chi connectivity index (χ1n) is 5.95. The molecule has 18 heavy (non-hydrogen) atoms. The van der Waals surface area contributed by atoms with Gasteiger partial charge in [-0.3, -0.25) is 0 Å². The topological polar surface area (TPSA) is 63.4 Å². The van der Waals surface area contributed by atoms with Gasteiger partial charge >= 0.3 is 0 Å². The highest BCUT2D eigenvalue weighted by Gasteiger charge is 2.37. The SMILES string of the molecule is CCN(C1CC1)S(=O)(=O)c1cc(N)cc(F)c1C. The van der Waals surface area contributed by atoms with Crippen LogP contribution in [0.5, 0.6) is 0 Å². The summed E-state index contributed by atoms with van der Waals surface area (Å²) in [4.78, 5) is -0.0197. The van der Waals surface area contributed by atoms with Gasteiger partial charge in [-0.05, 0) is 31.9 Å². The van der Waals surface area contributed by atoms with Crippen molar-refractivity contribution in [3.63, 3.8) is 0 Å². The van der Waals surface area contributed by atoms with Crippen molar-refractivity contribution in [1.29, 1.82) is 0 Å². The van der Waals surface area contributed by atoms with E-state index in [0.29, 0.717) is 6.54 Å². The number of sulfonamides is 1. The minimum absolute atomic E-state index is 0.0197. The van der Waals surface area contributed by atoms with Gasteiger partial charge in [0.25, 0.3) is 0 Å². The number of rotatable bonds is 4. The second kappa shape index (κ2) is 4.51. The summed E-state index contributed by atoms with van der Waals surface area (Å²) < 4.78 is 40.0. The number of halogens is 1. The molecular weight excluding hydrogens is 255 g/mol. The maximum atomic E-state index is 13.6. The van der Waals surface area contributed by atoms with E-state index in [9.17, 15) is 12.8 Å². The molecule has 6 heteroatoms. The molecule has 4 nitrogen and oxygen atoms in total. The third-order valence-electron chi connectivity index (χ3n) is 3.17. The maximum Gasteiger partial charge on any atom is 0.243 e. The van der Waals surface area contributed by atoms with Gasteiger partial charge in [0.2, 0.25) is 10.0 Å². The Balaban J connectivity index is 2.52. The summed E-state index contributed by atoms with van der Waals surface area (Å²) in [7, 11) is -3.65. The van der Waals surface area contributed by atoms with Crippen molar-refractivity contribution < 1.29 is 12.8 Å². The summed E-state index contributed by atoms with van der Waals surface area (Å²) >= 11 is 0. The summed E-state index contributed by atoms with van der Waals surface area (Å²) in [6.07, 6.45) is 1.74. The Labute approximate surface area is 107 Å². The van der Waals surface area contributed by atoms with Gasteiger partial charge in [0.05, 0.1) is 4.90 Å². The number of nitrogen functional groups attached to an aromatic ring is 1. The largest absolute Gasteiger partial charge is 0.399 e. The molecule has 1 fully saturated rings. The fraction of sp³-hybridized carbons (Fsp3) is 0.500. The number of nitrogens with zero attached hydrogens (tertiary/aromatic N) is 1. The maximum absolute atomic E-state index is 13.6. The van der Waals surface area contributed by atoms with Gasteiger partial charge in [0, 0.05) is 23.8 Å². The highest BCUT2D eigenvalue weighted by molar-refractivity contribution is 7.89. The van der Waals surface area contributed by atoms with Crippen LogP contribution in [0.2, 0.25) is 0 Å². The van der Waals surface area contributed by atoms with E-state index in [2.05, 4.69) is 0 Å². The molecule has 0 heterocycles. The van der Waals surface area contributed by atoms with E-state index in [1.54, 1.807) is 6.92 Å². The van der Waals surface area contributed by atoms with Crippen molar-refractivity contribution in [2.75, 3.05) is 12.3 Å². The van der Waals surface area contributed by atoms with Crippen molar-refractivity contribution in [2.45, 2.75) is 37.6 Å². The van der Waals surface area contributed by atoms with Gasteiger partial charge in [-0.1, -0.05) is 6.92 Å². The molecule has 2 N–H and O–H groups in total. The lowest BCUT2D eigenvalue weighted by Crippen LogP contribution is -2.33. The van der Waals surface area contributed by atoms with Crippen LogP contribution in [0.15, 0.2) is 17.0 Å². The van der Waals surface area contributed by atoms with Crippen LogP contribution < -0.4 is 5.73 Å². The van der Waals surface area contributed by atoms with Crippen molar-refractivity contribution in [3.8, 4) is 0 Å². The molecule has 100 valence electrons. The predicted molar refractivity (Wildman–Crippen MR) is 68.1 cm³/mol. The molecular formula is C12H17FN2O2S. The Hall–Kier alpha value is -1.14. The van der Waals surface area contributed by atoms with Crippen LogP contribution in [-0.4, -0.2) is 25.3 Å². The summed E-state index contributed by atoms with van der Waals surface area (Å²) in [5, 5.41) is 0. The fourth-order valence-corrected chi connectivity index (χ4v) is 4.02. The molecule has 0 saturated heterocycles. The third-order valence-corrected chi connectivity index (χ3v) is 5.33. The zero-order chi connectivity index (χ0) is 13.5. The van der Waals surface area contributed by atoms with Gasteiger partial charge in [0.15, 0.2) is 0 Å². The van der Waals surface area contributed by atoms with E-state index in [0.717, 1.165) is 18.9 Å². The second-order valence-corrected chi connectivity index (χ2v) is 6.42. The first kappa shape index (κ1) is 13.3. The number of benzene rings is 1. The number of anilines is 1. The molecule has 0 atom stereocenters. The molecule has 1 aromatic rings. The van der Waals surface area contributed by atoms with Crippen molar-refractivity contribution in [3.05, 3.63) is 23.5 Å². The monoisotopic (exact) mass is 272 g/mol. The van der Waals surface area contributed by atoms with Crippen molar-refractivity contribution in [1.82, 2.24) is 4.31 Å². The highest BCUT2D eigenvalue weighted by Crippen LogP contribution is 2.33. The van der Waals surface area contributed by atoms with E-state index in [1.807, 2.05) is 0 Å². The van der Waals surface area contributed by atoms with E-state index >= 15 is 0 Å². The molecule has 0 radical (unpaired) electrons. The molecule has 0 aliphatic heterocycles. The molecule has 1 aliphatic carbocycles. The Morgan fingerprint density at radius 3 is 2.56 bits per heavy atom. The summed E-state index contributed by atoms with van der Waals surface area (Å²) in [5.74, 6) is -0.583. The van der Waals surface area contributed by atoms with Gasteiger partial charge in [-0.25, -0.2) is 12.8 Å². The van der Waals surface area contributed by atoms with Crippen LogP contribution in [0, 0.1) is 12.7 Å². The lowest BCUT2D eigenvalue weighted by atomic mass is 10.2. The summed E-state index contributed by atoms with van der Waals surface area (Å²) in [5.41, 5.74) is 5.79. The zero-order valence-corrected chi connectivity index (χ0v) is 11.3. The molecule has 1 saturated carbocycles. The van der Waals surface area contributed by atoms with Gasteiger partial charge in [-0.2, -0.15) is 4.31 Å². The van der Waals surface area contributed by atoms with Crippen LogP contribution in [0.4, 0.5) is 10.1 Å². The molecule has 1 aromatic carbocycles. The molecule has 0 bridgehead atoms. The molecule has 0 amide bonds. The van der Waals surface area contributed by atoms with Crippen LogP contribution in [0.1, 0.15) is 25.3 Å². The van der Waals surface area contributed by atoms with E-state index in [-0.39, 0.29) is 22.2 Å². The van der Waals surface area contributed by atoms with Gasteiger partial charge in [0.1, 0.15) is 5.82 Å². The minimum atomic E-state index is -3.65.